The molecule has 0 aliphatic carbocycles. The molecule has 0 saturated heterocycles. The molecule has 2 rings (SSSR count). The second kappa shape index (κ2) is 15.8. The van der Waals surface area contributed by atoms with E-state index < -0.39 is 42.3 Å². The van der Waals surface area contributed by atoms with Crippen molar-refractivity contribution in [1.29, 1.82) is 0 Å². The third kappa shape index (κ3) is 14.9. The van der Waals surface area contributed by atoms with Gasteiger partial charge in [0.15, 0.2) is 15.6 Å². The van der Waals surface area contributed by atoms with Crippen molar-refractivity contribution in [3.05, 3.63) is 61.0 Å². The topological polar surface area (TPSA) is 147 Å². The van der Waals surface area contributed by atoms with Crippen molar-refractivity contribution in [2.45, 2.75) is 19.6 Å². The van der Waals surface area contributed by atoms with Crippen molar-refractivity contribution in [2.75, 3.05) is 31.5 Å². The Balaban J connectivity index is 0.000000577. The van der Waals surface area contributed by atoms with E-state index in [1.165, 1.54) is 0 Å². The summed E-state index contributed by atoms with van der Waals surface area (Å²) in [6, 6.07) is 6.80. The molecule has 0 fully saturated rings. The SMILES string of the molecule is COC(=O)CS(=O)(=O)Cc1c(Cl)cc(C)cc1Cl.COC(=O)CS(=O)(=O)Cl.Cc1cc(Cl)c(N)c(Cl)c1. The molecule has 2 N–H and O–H groups in total. The van der Waals surface area contributed by atoms with E-state index in [4.69, 9.17) is 52.1 Å². The van der Waals surface area contributed by atoms with Crippen LogP contribution in [0.15, 0.2) is 24.3 Å². The molecule has 16 heteroatoms. The number of carbonyl (C=O) groups is 2. The summed E-state index contributed by atoms with van der Waals surface area (Å²) in [5.74, 6) is -3.52. The number of esters is 2. The summed E-state index contributed by atoms with van der Waals surface area (Å²) in [6.07, 6.45) is 0. The molecule has 0 aliphatic rings. The van der Waals surface area contributed by atoms with Crippen molar-refractivity contribution in [3.8, 4) is 0 Å². The smallest absolute Gasteiger partial charge is 0.322 e. The highest BCUT2D eigenvalue weighted by molar-refractivity contribution is 8.14. The molecule has 2 aromatic carbocycles. The van der Waals surface area contributed by atoms with Gasteiger partial charge in [-0.15, -0.1) is 0 Å². The summed E-state index contributed by atoms with van der Waals surface area (Å²) in [6.45, 7) is 3.71. The Labute approximate surface area is 240 Å². The standard InChI is InChI=1S/C11H12Cl2O4S.C7H7Cl2N.C3H5ClO4S/c1-7-3-9(12)8(10(13)4-7)5-18(15,16)6-11(14)17-2;1-4-2-5(8)7(10)6(9)3-4;1-8-3(5)2-9(4,6)7/h3-4H,5-6H2,1-2H3;2-3H,10H2,1H3;2H2,1H3. The molecule has 0 bridgehead atoms. The number of sulfone groups is 1. The van der Waals surface area contributed by atoms with E-state index >= 15 is 0 Å². The first kappa shape index (κ1) is 35.5. The number of benzene rings is 2. The highest BCUT2D eigenvalue weighted by Gasteiger charge is 2.21. The molecule has 0 spiro atoms. The molecule has 9 nitrogen and oxygen atoms in total. The molecule has 208 valence electrons. The van der Waals surface area contributed by atoms with Crippen LogP contribution in [-0.4, -0.2) is 54.5 Å². The van der Waals surface area contributed by atoms with E-state index in [-0.39, 0.29) is 15.8 Å². The third-order valence-electron chi connectivity index (χ3n) is 3.96. The molecule has 0 aromatic heterocycles. The third-order valence-corrected chi connectivity index (χ3v) is 7.57. The Kier molecular flexibility index (Phi) is 15.2. The lowest BCUT2D eigenvalue weighted by Gasteiger charge is -2.08. The summed E-state index contributed by atoms with van der Waals surface area (Å²) in [5, 5.41) is 1.58. The van der Waals surface area contributed by atoms with Crippen molar-refractivity contribution in [2.24, 2.45) is 0 Å². The summed E-state index contributed by atoms with van der Waals surface area (Å²) >= 11 is 23.3. The van der Waals surface area contributed by atoms with Crippen LogP contribution in [0.25, 0.3) is 0 Å². The molecule has 0 amide bonds. The maximum absolute atomic E-state index is 11.7. The lowest BCUT2D eigenvalue weighted by Crippen LogP contribution is -2.19. The number of rotatable bonds is 6. The van der Waals surface area contributed by atoms with Gasteiger partial charge in [-0.1, -0.05) is 46.4 Å². The lowest BCUT2D eigenvalue weighted by molar-refractivity contribution is -0.138. The second-order valence-electron chi connectivity index (χ2n) is 7.22. The Morgan fingerprint density at radius 1 is 0.757 bits per heavy atom. The molecule has 0 saturated carbocycles. The number of nitrogens with two attached hydrogens (primary N) is 1. The number of carbonyl (C=O) groups excluding carboxylic acids is 2. The van der Waals surface area contributed by atoms with Crippen LogP contribution in [-0.2, 0) is 43.7 Å². The van der Waals surface area contributed by atoms with Gasteiger partial charge < -0.3 is 15.2 Å². The highest BCUT2D eigenvalue weighted by atomic mass is 35.7. The highest BCUT2D eigenvalue weighted by Crippen LogP contribution is 2.29. The first-order valence-electron chi connectivity index (χ1n) is 9.73. The van der Waals surface area contributed by atoms with Crippen LogP contribution in [0.2, 0.25) is 20.1 Å². The Hall–Kier alpha value is -1.47. The van der Waals surface area contributed by atoms with Gasteiger partial charge in [-0.3, -0.25) is 9.59 Å². The number of nitrogen functional groups attached to an aromatic ring is 1. The number of methoxy groups -OCH3 is 2. The summed E-state index contributed by atoms with van der Waals surface area (Å²) in [4.78, 5) is 21.1. The predicted molar refractivity (Wildman–Crippen MR) is 148 cm³/mol. The average molecular weight is 660 g/mol. The second-order valence-corrected chi connectivity index (χ2v) is 13.7. The molecule has 0 radical (unpaired) electrons. The van der Waals surface area contributed by atoms with E-state index in [0.29, 0.717) is 21.3 Å². The fourth-order valence-corrected chi connectivity index (χ4v) is 5.77. The van der Waals surface area contributed by atoms with Gasteiger partial charge in [0.25, 0.3) is 0 Å². The zero-order chi connectivity index (χ0) is 29.1. The molecule has 2 aromatic rings. The number of halogens is 5. The number of ether oxygens (including phenoxy) is 2. The van der Waals surface area contributed by atoms with Gasteiger partial charge >= 0.3 is 11.9 Å². The fourth-order valence-electron chi connectivity index (χ4n) is 2.29. The molecule has 0 atom stereocenters. The predicted octanol–water partition coefficient (Wildman–Crippen LogP) is 5.00. The van der Waals surface area contributed by atoms with Gasteiger partial charge in [0.1, 0.15) is 5.75 Å². The van der Waals surface area contributed by atoms with Gasteiger partial charge in [0, 0.05) is 26.3 Å². The summed E-state index contributed by atoms with van der Waals surface area (Å²) in [5.41, 5.74) is 8.09. The molecule has 0 heterocycles. The van der Waals surface area contributed by atoms with Crippen LogP contribution >= 0.6 is 57.1 Å². The molecular formula is C21H24Cl5NO8S2. The van der Waals surface area contributed by atoms with Crippen LogP contribution < -0.4 is 5.73 Å². The van der Waals surface area contributed by atoms with E-state index in [0.717, 1.165) is 25.3 Å². The summed E-state index contributed by atoms with van der Waals surface area (Å²) < 4.78 is 52.0. The maximum Gasteiger partial charge on any atom is 0.322 e. The van der Waals surface area contributed by atoms with Crippen LogP contribution in [0.4, 0.5) is 5.69 Å². The molecule has 0 unspecified atom stereocenters. The minimum Gasteiger partial charge on any atom is -0.468 e. The molecule has 0 aliphatic heterocycles. The van der Waals surface area contributed by atoms with Gasteiger partial charge in [-0.25, -0.2) is 16.8 Å². The quantitative estimate of drug-likeness (QED) is 0.257. The van der Waals surface area contributed by atoms with Crippen LogP contribution in [0.1, 0.15) is 16.7 Å². The first-order chi connectivity index (χ1) is 16.8. The zero-order valence-electron chi connectivity index (χ0n) is 20.0. The Morgan fingerprint density at radius 3 is 1.43 bits per heavy atom. The number of hydrogen-bond acceptors (Lipinski definition) is 9. The maximum atomic E-state index is 11.7. The lowest BCUT2D eigenvalue weighted by atomic mass is 10.2. The van der Waals surface area contributed by atoms with E-state index in [1.54, 1.807) is 31.2 Å². The Bertz CT molecular complexity index is 1290. The Morgan fingerprint density at radius 2 is 1.11 bits per heavy atom. The van der Waals surface area contributed by atoms with Crippen LogP contribution in [0, 0.1) is 13.8 Å². The molecule has 37 heavy (non-hydrogen) atoms. The average Bonchev–Trinajstić information content (AvgIpc) is 2.73. The van der Waals surface area contributed by atoms with Gasteiger partial charge in [0.05, 0.1) is 35.7 Å². The van der Waals surface area contributed by atoms with Crippen LogP contribution in [0.5, 0.6) is 0 Å². The van der Waals surface area contributed by atoms with Crippen LogP contribution in [0.3, 0.4) is 0 Å². The summed E-state index contributed by atoms with van der Waals surface area (Å²) in [7, 11) is -0.490. The van der Waals surface area contributed by atoms with Crippen molar-refractivity contribution in [1.82, 2.24) is 0 Å². The van der Waals surface area contributed by atoms with Crippen molar-refractivity contribution < 1.29 is 35.9 Å². The minimum atomic E-state index is -3.74. The van der Waals surface area contributed by atoms with Gasteiger partial charge in [0.2, 0.25) is 9.05 Å². The zero-order valence-corrected chi connectivity index (χ0v) is 25.4. The van der Waals surface area contributed by atoms with E-state index in [2.05, 4.69) is 20.2 Å². The number of anilines is 1. The van der Waals surface area contributed by atoms with Crippen molar-refractivity contribution in [3.63, 3.8) is 0 Å². The normalized spacial score (nSPS) is 10.8. The van der Waals surface area contributed by atoms with Crippen molar-refractivity contribution >= 4 is 93.6 Å². The number of hydrogen-bond donors (Lipinski definition) is 1. The van der Waals surface area contributed by atoms with E-state index in [9.17, 15) is 26.4 Å². The monoisotopic (exact) mass is 657 g/mol. The van der Waals surface area contributed by atoms with Gasteiger partial charge in [-0.05, 0) is 49.2 Å². The molecular weight excluding hydrogens is 636 g/mol. The largest absolute Gasteiger partial charge is 0.468 e. The van der Waals surface area contributed by atoms with Gasteiger partial charge in [-0.2, -0.15) is 0 Å². The number of aryl methyl sites for hydroxylation is 2. The minimum absolute atomic E-state index is 0.272. The van der Waals surface area contributed by atoms with E-state index in [1.807, 2.05) is 6.92 Å². The fraction of sp³-hybridized carbons (Fsp3) is 0.333. The first-order valence-corrected chi connectivity index (χ1v) is 15.5.